The molecule has 3 fully saturated rings. The van der Waals surface area contributed by atoms with Crippen molar-refractivity contribution < 1.29 is 84.4 Å². The lowest BCUT2D eigenvalue weighted by molar-refractivity contribution is -0.385. The van der Waals surface area contributed by atoms with E-state index in [9.17, 15) is 61.2 Å². The Morgan fingerprint density at radius 3 is 1.49 bits per heavy atom. The molecule has 244 valence electrons. The highest BCUT2D eigenvalue weighted by atomic mass is 16.8. The summed E-state index contributed by atoms with van der Waals surface area (Å²) < 4.78 is 32.8. The van der Waals surface area contributed by atoms with Crippen LogP contribution < -0.4 is 4.74 Å². The molecule has 0 saturated carbocycles. The molecule has 0 radical (unpaired) electrons. The van der Waals surface area contributed by atoms with Gasteiger partial charge in [0.2, 0.25) is 6.29 Å². The van der Waals surface area contributed by atoms with E-state index in [0.29, 0.717) is 0 Å². The molecule has 0 aliphatic carbocycles. The summed E-state index contributed by atoms with van der Waals surface area (Å²) >= 11 is 0. The van der Waals surface area contributed by atoms with Crippen LogP contribution in [-0.2, 0) is 23.7 Å². The minimum Gasteiger partial charge on any atom is -0.462 e. The Labute approximate surface area is 242 Å². The smallest absolute Gasteiger partial charge is 0.269 e. The Kier molecular flexibility index (Phi) is 11.2. The van der Waals surface area contributed by atoms with Crippen LogP contribution in [0.4, 0.5) is 5.69 Å². The van der Waals surface area contributed by atoms with Crippen LogP contribution in [0.3, 0.4) is 0 Å². The van der Waals surface area contributed by atoms with E-state index in [1.165, 1.54) is 12.1 Å². The summed E-state index contributed by atoms with van der Waals surface area (Å²) in [6, 6.07) is 4.68. The van der Waals surface area contributed by atoms with E-state index in [1.807, 2.05) is 0 Å². The average molecular weight is 626 g/mol. The summed E-state index contributed by atoms with van der Waals surface area (Å²) in [5.74, 6) is 0.00638. The van der Waals surface area contributed by atoms with Crippen LogP contribution in [0.25, 0.3) is 0 Å². The maximum Gasteiger partial charge on any atom is 0.269 e. The van der Waals surface area contributed by atoms with E-state index in [4.69, 9.17) is 28.4 Å². The number of nitrogens with zero attached hydrogens (tertiary/aromatic N) is 1. The maximum atomic E-state index is 11.0. The molecule has 4 rings (SSSR count). The Hall–Kier alpha value is -2.18. The predicted octanol–water partition coefficient (Wildman–Crippen LogP) is -5.58. The van der Waals surface area contributed by atoms with Gasteiger partial charge in [0, 0.05) is 12.1 Å². The van der Waals surface area contributed by atoms with Gasteiger partial charge >= 0.3 is 0 Å². The van der Waals surface area contributed by atoms with Crippen molar-refractivity contribution >= 4 is 5.69 Å². The molecule has 3 saturated heterocycles. The molecule has 0 spiro atoms. The monoisotopic (exact) mass is 625 g/mol. The molecule has 0 aromatic heterocycles. The third kappa shape index (κ3) is 7.06. The van der Waals surface area contributed by atoms with Gasteiger partial charge in [0.05, 0.1) is 24.7 Å². The second-order valence-electron chi connectivity index (χ2n) is 10.2. The number of aliphatic hydroxyl groups is 10. The zero-order valence-electron chi connectivity index (χ0n) is 22.3. The molecule has 19 nitrogen and oxygen atoms in total. The van der Waals surface area contributed by atoms with Crippen LogP contribution in [-0.4, -0.2) is 168 Å². The van der Waals surface area contributed by atoms with Gasteiger partial charge in [-0.15, -0.1) is 0 Å². The van der Waals surface area contributed by atoms with Gasteiger partial charge < -0.3 is 79.5 Å². The zero-order valence-corrected chi connectivity index (χ0v) is 22.3. The number of rotatable bonds is 10. The Morgan fingerprint density at radius 2 is 1.02 bits per heavy atom. The summed E-state index contributed by atoms with van der Waals surface area (Å²) in [4.78, 5) is 10.3. The van der Waals surface area contributed by atoms with Crippen LogP contribution in [0.5, 0.6) is 5.75 Å². The number of ether oxygens (including phenoxy) is 6. The highest BCUT2D eigenvalue weighted by molar-refractivity contribution is 5.36. The second-order valence-corrected chi connectivity index (χ2v) is 10.2. The van der Waals surface area contributed by atoms with E-state index in [0.717, 1.165) is 12.1 Å². The molecule has 3 aliphatic heterocycles. The molecule has 0 amide bonds. The Balaban J connectivity index is 1.52. The molecule has 43 heavy (non-hydrogen) atoms. The number of nitro benzene ring substituents is 1. The molecule has 0 unspecified atom stereocenters. The number of aliphatic hydroxyl groups excluding tert-OH is 10. The number of benzene rings is 1. The van der Waals surface area contributed by atoms with E-state index >= 15 is 0 Å². The third-order valence-electron chi connectivity index (χ3n) is 7.37. The lowest BCUT2D eigenvalue weighted by atomic mass is 9.96. The normalized spacial score (nSPS) is 43.7. The zero-order chi connectivity index (χ0) is 31.6. The highest BCUT2D eigenvalue weighted by Gasteiger charge is 2.54. The fourth-order valence-electron chi connectivity index (χ4n) is 4.91. The van der Waals surface area contributed by atoms with Gasteiger partial charge in [0.15, 0.2) is 12.6 Å². The van der Waals surface area contributed by atoms with Crippen LogP contribution in [0, 0.1) is 10.1 Å². The number of non-ortho nitro benzene ring substituents is 1. The lowest BCUT2D eigenvalue weighted by Crippen LogP contribution is -2.67. The summed E-state index contributed by atoms with van der Waals surface area (Å²) in [5, 5.41) is 114. The minimum atomic E-state index is -1.98. The lowest BCUT2D eigenvalue weighted by Gasteiger charge is -2.48. The van der Waals surface area contributed by atoms with Crippen molar-refractivity contribution in [3.8, 4) is 5.75 Å². The average Bonchev–Trinajstić information content (AvgIpc) is 2.99. The molecule has 3 aliphatic rings. The van der Waals surface area contributed by atoms with E-state index < -0.39 is 117 Å². The first-order valence-corrected chi connectivity index (χ1v) is 13.2. The summed E-state index contributed by atoms with van der Waals surface area (Å²) in [5.41, 5.74) is -0.244. The van der Waals surface area contributed by atoms with Crippen molar-refractivity contribution in [2.75, 3.05) is 19.8 Å². The topological polar surface area (TPSA) is 301 Å². The first kappa shape index (κ1) is 33.7. The predicted molar refractivity (Wildman–Crippen MR) is 133 cm³/mol. The van der Waals surface area contributed by atoms with Crippen LogP contribution in [0.2, 0.25) is 0 Å². The van der Waals surface area contributed by atoms with Gasteiger partial charge in [-0.1, -0.05) is 0 Å². The second kappa shape index (κ2) is 14.3. The van der Waals surface area contributed by atoms with Crippen molar-refractivity contribution in [2.45, 2.75) is 92.1 Å². The molecule has 3 heterocycles. The van der Waals surface area contributed by atoms with Gasteiger partial charge in [-0.2, -0.15) is 0 Å². The van der Waals surface area contributed by atoms with Crippen LogP contribution in [0.1, 0.15) is 0 Å². The van der Waals surface area contributed by atoms with Gasteiger partial charge in [0.25, 0.3) is 5.69 Å². The Bertz CT molecular complexity index is 1050. The number of nitro groups is 1. The largest absolute Gasteiger partial charge is 0.462 e. The first-order valence-electron chi connectivity index (χ1n) is 13.2. The summed E-state index contributed by atoms with van der Waals surface area (Å²) in [6.07, 6.45) is -25.9. The van der Waals surface area contributed by atoms with Crippen molar-refractivity contribution in [2.24, 2.45) is 0 Å². The van der Waals surface area contributed by atoms with Gasteiger partial charge in [-0.25, -0.2) is 0 Å². The number of hydrogen-bond acceptors (Lipinski definition) is 18. The quantitative estimate of drug-likeness (QED) is 0.0856. The molecular weight excluding hydrogens is 590 g/mol. The number of hydrogen-bond donors (Lipinski definition) is 10. The van der Waals surface area contributed by atoms with Crippen LogP contribution in [0.15, 0.2) is 24.3 Å². The molecule has 1 aromatic carbocycles. The maximum absolute atomic E-state index is 11.0. The van der Waals surface area contributed by atoms with E-state index in [2.05, 4.69) is 0 Å². The van der Waals surface area contributed by atoms with Gasteiger partial charge in [0.1, 0.15) is 79.0 Å². The van der Waals surface area contributed by atoms with Gasteiger partial charge in [-0.3, -0.25) is 10.1 Å². The fourth-order valence-corrected chi connectivity index (χ4v) is 4.91. The standard InChI is InChI=1S/C24H35NO18/c26-5-10-13(29)16(32)17(33)22(39-10)42-21-15(31)12(7-28)41-24(19(21)35)43-20-14(30)11(6-27)40-23(18(20)34)38-9-3-1-8(2-4-9)25(36)37/h1-4,10-24,26-35H,5-7H2/t10-,11-,12-,13-,14+,15-,16+,17-,18-,19-,20+,21+,22+,23-,24+/m1/s1. The molecule has 0 bridgehead atoms. The van der Waals surface area contributed by atoms with Crippen molar-refractivity contribution in [3.05, 3.63) is 34.4 Å². The van der Waals surface area contributed by atoms with Crippen LogP contribution >= 0.6 is 0 Å². The van der Waals surface area contributed by atoms with E-state index in [1.54, 1.807) is 0 Å². The molecule has 10 N–H and O–H groups in total. The first-order chi connectivity index (χ1) is 20.4. The van der Waals surface area contributed by atoms with Crippen molar-refractivity contribution in [1.82, 2.24) is 0 Å². The highest BCUT2D eigenvalue weighted by Crippen LogP contribution is 2.33. The minimum absolute atomic E-state index is 0.00638. The Morgan fingerprint density at radius 1 is 0.605 bits per heavy atom. The van der Waals surface area contributed by atoms with Crippen molar-refractivity contribution in [3.63, 3.8) is 0 Å². The summed E-state index contributed by atoms with van der Waals surface area (Å²) in [6.45, 7) is -2.43. The summed E-state index contributed by atoms with van der Waals surface area (Å²) in [7, 11) is 0. The SMILES string of the molecule is O=[N+]([O-])c1ccc(O[C@@H]2O[C@H](CO)[C@H](O)[C@H](O[C@@H]3O[C@H](CO)[C@@H](O)[C@H](O[C@@H]4O[C@H](CO)[C@@H](O)[C@H](O)[C@H]4O)[C@H]3O)[C@H]2O)cc1. The fraction of sp³-hybridized carbons (Fsp3) is 0.750. The van der Waals surface area contributed by atoms with E-state index in [-0.39, 0.29) is 11.4 Å². The molecular formula is C24H35NO18. The molecule has 15 atom stereocenters. The molecule has 19 heteroatoms. The third-order valence-corrected chi connectivity index (χ3v) is 7.37. The van der Waals surface area contributed by atoms with Gasteiger partial charge in [-0.05, 0) is 12.1 Å². The van der Waals surface area contributed by atoms with Crippen molar-refractivity contribution in [1.29, 1.82) is 0 Å². The molecule has 1 aromatic rings.